The molecule has 0 aliphatic carbocycles. The summed E-state index contributed by atoms with van der Waals surface area (Å²) in [5.74, 6) is 0. The molecule has 0 saturated carbocycles. The molecule has 2 rings (SSSR count). The first-order chi connectivity index (χ1) is 7.94. The van der Waals surface area contributed by atoms with E-state index >= 15 is 0 Å². The summed E-state index contributed by atoms with van der Waals surface area (Å²) in [5, 5.41) is 2.00. The standard InChI is InChI=1S/C10H11AsN2O2S2/c1-17(14,15)13-8-4-2-7(3-5-8)9-6-16-10(11)12-9/h2-6,13H,11H2,1H3. The van der Waals surface area contributed by atoms with Crippen molar-refractivity contribution in [1.82, 2.24) is 4.98 Å². The summed E-state index contributed by atoms with van der Waals surface area (Å²) in [7, 11) is -3.21. The van der Waals surface area contributed by atoms with Crippen molar-refractivity contribution in [3.8, 4) is 11.3 Å². The molecule has 1 aromatic heterocycles. The van der Waals surface area contributed by atoms with Gasteiger partial charge in [0.1, 0.15) is 0 Å². The number of nitrogens with zero attached hydrogens (tertiary/aromatic N) is 1. The minimum absolute atomic E-state index is 0.562. The second-order valence-corrected chi connectivity index (χ2v) is 8.19. The average molecular weight is 330 g/mol. The second-order valence-electron chi connectivity index (χ2n) is 3.52. The number of benzene rings is 1. The van der Waals surface area contributed by atoms with Gasteiger partial charge in [-0.2, -0.15) is 0 Å². The number of aromatic nitrogens is 1. The summed E-state index contributed by atoms with van der Waals surface area (Å²) in [6, 6.07) is 7.18. The number of hydrogen-bond acceptors (Lipinski definition) is 4. The maximum atomic E-state index is 11.0. The van der Waals surface area contributed by atoms with E-state index in [1.165, 1.54) is 16.9 Å². The van der Waals surface area contributed by atoms with Gasteiger partial charge in [0.2, 0.25) is 0 Å². The predicted molar refractivity (Wildman–Crippen MR) is 74.2 cm³/mol. The number of anilines is 1. The Balaban J connectivity index is 2.24. The van der Waals surface area contributed by atoms with Crippen molar-refractivity contribution in [3.63, 3.8) is 0 Å². The fraction of sp³-hybridized carbons (Fsp3) is 0.100. The molecule has 17 heavy (non-hydrogen) atoms. The van der Waals surface area contributed by atoms with Crippen LogP contribution in [-0.2, 0) is 10.0 Å². The molecule has 7 heteroatoms. The quantitative estimate of drug-likeness (QED) is 0.831. The van der Waals surface area contributed by atoms with Gasteiger partial charge >= 0.3 is 113 Å². The zero-order chi connectivity index (χ0) is 12.5. The van der Waals surface area contributed by atoms with Crippen LogP contribution >= 0.6 is 11.3 Å². The van der Waals surface area contributed by atoms with Crippen molar-refractivity contribution < 1.29 is 8.42 Å². The third-order valence-corrected chi connectivity index (χ3v) is 4.41. The molecule has 90 valence electrons. The van der Waals surface area contributed by atoms with E-state index in [-0.39, 0.29) is 0 Å². The van der Waals surface area contributed by atoms with E-state index in [4.69, 9.17) is 0 Å². The molecule has 1 heterocycles. The fourth-order valence-corrected chi connectivity index (χ4v) is 3.20. The van der Waals surface area contributed by atoms with Crippen molar-refractivity contribution in [3.05, 3.63) is 29.6 Å². The van der Waals surface area contributed by atoms with E-state index in [9.17, 15) is 8.42 Å². The molecular formula is C10H11AsN2O2S2. The summed E-state index contributed by atoms with van der Waals surface area (Å²) in [5.41, 5.74) is 2.48. The van der Waals surface area contributed by atoms with E-state index in [1.54, 1.807) is 23.5 Å². The molecule has 0 bridgehead atoms. The molecule has 1 aromatic carbocycles. The van der Waals surface area contributed by atoms with Gasteiger partial charge < -0.3 is 0 Å². The molecule has 0 saturated heterocycles. The first-order valence-electron chi connectivity index (χ1n) is 4.73. The average Bonchev–Trinajstić information content (AvgIpc) is 2.63. The Morgan fingerprint density at radius 1 is 1.29 bits per heavy atom. The fourth-order valence-electron chi connectivity index (χ4n) is 1.34. The Morgan fingerprint density at radius 2 is 1.94 bits per heavy atom. The van der Waals surface area contributed by atoms with Crippen molar-refractivity contribution in [2.45, 2.75) is 0 Å². The first kappa shape index (κ1) is 12.6. The van der Waals surface area contributed by atoms with Gasteiger partial charge in [-0.15, -0.1) is 0 Å². The zero-order valence-corrected chi connectivity index (χ0v) is 13.1. The van der Waals surface area contributed by atoms with Crippen LogP contribution in [-0.4, -0.2) is 36.5 Å². The van der Waals surface area contributed by atoms with Crippen LogP contribution in [0.3, 0.4) is 0 Å². The van der Waals surface area contributed by atoms with E-state index in [1.807, 2.05) is 17.5 Å². The van der Waals surface area contributed by atoms with Gasteiger partial charge in [-0.05, 0) is 0 Å². The van der Waals surface area contributed by atoms with Gasteiger partial charge in [0.05, 0.1) is 0 Å². The van der Waals surface area contributed by atoms with Crippen LogP contribution in [0.25, 0.3) is 11.3 Å². The molecule has 1 unspecified atom stereocenters. The van der Waals surface area contributed by atoms with Gasteiger partial charge in [-0.25, -0.2) is 0 Å². The third-order valence-electron chi connectivity index (χ3n) is 2.01. The molecule has 0 aliphatic rings. The Kier molecular flexibility index (Phi) is 3.56. The SMILES string of the molecule is CS(=O)(=O)Nc1ccc(-c2csc([AsH2])n2)cc1. The summed E-state index contributed by atoms with van der Waals surface area (Å²) >= 11 is 3.12. The normalized spacial score (nSPS) is 11.4. The van der Waals surface area contributed by atoms with Crippen molar-refractivity contribution in [1.29, 1.82) is 0 Å². The number of nitrogens with one attached hydrogen (secondary N) is 1. The Hall–Kier alpha value is -0.842. The van der Waals surface area contributed by atoms with Gasteiger partial charge in [0.25, 0.3) is 0 Å². The second kappa shape index (κ2) is 4.80. The molecule has 4 nitrogen and oxygen atoms in total. The van der Waals surface area contributed by atoms with Gasteiger partial charge in [0, 0.05) is 0 Å². The summed E-state index contributed by atoms with van der Waals surface area (Å²) in [4.78, 5) is 4.39. The van der Waals surface area contributed by atoms with Gasteiger partial charge in [-0.1, -0.05) is 0 Å². The molecule has 0 radical (unpaired) electrons. The molecule has 0 spiro atoms. The summed E-state index contributed by atoms with van der Waals surface area (Å²) in [6.07, 6.45) is 1.13. The van der Waals surface area contributed by atoms with Crippen molar-refractivity contribution >= 4 is 47.7 Å². The zero-order valence-electron chi connectivity index (χ0n) is 9.04. The van der Waals surface area contributed by atoms with Crippen LogP contribution < -0.4 is 8.52 Å². The number of thiazole rings is 1. The molecular weight excluding hydrogens is 319 g/mol. The van der Waals surface area contributed by atoms with Crippen LogP contribution in [0, 0.1) is 0 Å². The number of hydrogen-bond donors (Lipinski definition) is 1. The molecule has 1 N–H and O–H groups in total. The van der Waals surface area contributed by atoms with Crippen molar-refractivity contribution in [2.24, 2.45) is 0 Å². The molecule has 2 aromatic rings. The van der Waals surface area contributed by atoms with E-state index in [0.717, 1.165) is 21.3 Å². The van der Waals surface area contributed by atoms with E-state index < -0.39 is 10.0 Å². The topological polar surface area (TPSA) is 59.1 Å². The predicted octanol–water partition coefficient (Wildman–Crippen LogP) is 0.440. The van der Waals surface area contributed by atoms with Crippen molar-refractivity contribution in [2.75, 3.05) is 11.0 Å². The van der Waals surface area contributed by atoms with Crippen LogP contribution in [0.2, 0.25) is 0 Å². The summed E-state index contributed by atoms with van der Waals surface area (Å²) < 4.78 is 25.6. The Bertz CT molecular complexity index is 620. The Morgan fingerprint density at radius 3 is 2.41 bits per heavy atom. The number of rotatable bonds is 3. The van der Waals surface area contributed by atoms with Crippen LogP contribution in [0.4, 0.5) is 5.69 Å². The van der Waals surface area contributed by atoms with Crippen LogP contribution in [0.15, 0.2) is 29.6 Å². The molecule has 0 fully saturated rings. The molecule has 0 aliphatic heterocycles. The number of sulfonamides is 1. The minimum atomic E-state index is -3.21. The van der Waals surface area contributed by atoms with E-state index in [2.05, 4.69) is 9.71 Å². The third kappa shape index (κ3) is 3.56. The van der Waals surface area contributed by atoms with Gasteiger partial charge in [0.15, 0.2) is 0 Å². The Labute approximate surface area is 113 Å². The monoisotopic (exact) mass is 330 g/mol. The molecule has 1 atom stereocenters. The van der Waals surface area contributed by atoms with E-state index in [0.29, 0.717) is 5.69 Å². The first-order valence-corrected chi connectivity index (χ1v) is 8.71. The molecule has 0 amide bonds. The van der Waals surface area contributed by atoms with Crippen LogP contribution in [0.1, 0.15) is 0 Å². The maximum absolute atomic E-state index is 11.0. The van der Waals surface area contributed by atoms with Gasteiger partial charge in [-0.3, -0.25) is 0 Å². The summed E-state index contributed by atoms with van der Waals surface area (Å²) in [6.45, 7) is 0. The van der Waals surface area contributed by atoms with Crippen LogP contribution in [0.5, 0.6) is 0 Å².